The summed E-state index contributed by atoms with van der Waals surface area (Å²) < 4.78 is 2.64. The Labute approximate surface area is 304 Å². The van der Waals surface area contributed by atoms with Gasteiger partial charge in [-0.1, -0.05) is 145 Å². The van der Waals surface area contributed by atoms with E-state index in [0.29, 0.717) is 0 Å². The molecule has 0 saturated heterocycles. The van der Waals surface area contributed by atoms with Crippen LogP contribution in [0.1, 0.15) is 63.8 Å². The highest BCUT2D eigenvalue weighted by Gasteiger charge is 2.46. The molecule has 0 atom stereocenters. The SMILES string of the molecule is CC1(C)c2ccccc2-c2c1cc(N(c1ccc3c(c1)C(C)(C)C(C)(C)c1ccccc1-3)c1ccc3c(c1)sc1ccccc13)c1ccccc21. The van der Waals surface area contributed by atoms with Gasteiger partial charge in [-0.2, -0.15) is 0 Å². The van der Waals surface area contributed by atoms with Crippen molar-refractivity contribution in [3.63, 3.8) is 0 Å². The smallest absolute Gasteiger partial charge is 0.0543 e. The fourth-order valence-electron chi connectivity index (χ4n) is 9.36. The normalized spacial score (nSPS) is 16.1. The van der Waals surface area contributed by atoms with Crippen LogP contribution in [0.5, 0.6) is 0 Å². The van der Waals surface area contributed by atoms with E-state index in [4.69, 9.17) is 0 Å². The lowest BCUT2D eigenvalue weighted by atomic mass is 9.55. The van der Waals surface area contributed by atoms with Crippen molar-refractivity contribution in [1.29, 1.82) is 0 Å². The fraction of sp³-hybridized carbons (Fsp3) is 0.184. The molecule has 8 aromatic rings. The Morgan fingerprint density at radius 1 is 0.412 bits per heavy atom. The van der Waals surface area contributed by atoms with Crippen molar-refractivity contribution < 1.29 is 0 Å². The van der Waals surface area contributed by atoms with Gasteiger partial charge in [-0.05, 0) is 97.1 Å². The zero-order valence-corrected chi connectivity index (χ0v) is 31.0. The van der Waals surface area contributed by atoms with Crippen LogP contribution in [-0.4, -0.2) is 0 Å². The Morgan fingerprint density at radius 3 is 1.78 bits per heavy atom. The maximum absolute atomic E-state index is 2.55. The first-order valence-corrected chi connectivity index (χ1v) is 19.0. The molecule has 0 spiro atoms. The third kappa shape index (κ3) is 4.09. The van der Waals surface area contributed by atoms with Gasteiger partial charge in [-0.25, -0.2) is 0 Å². The minimum Gasteiger partial charge on any atom is -0.310 e. The topological polar surface area (TPSA) is 3.24 Å². The molecule has 1 nitrogen and oxygen atoms in total. The number of nitrogens with zero attached hydrogens (tertiary/aromatic N) is 1. The van der Waals surface area contributed by atoms with Gasteiger partial charge in [0.25, 0.3) is 0 Å². The van der Waals surface area contributed by atoms with Crippen LogP contribution in [-0.2, 0) is 16.2 Å². The molecule has 0 bridgehead atoms. The minimum absolute atomic E-state index is 0.0495. The summed E-state index contributed by atoms with van der Waals surface area (Å²) in [5, 5.41) is 5.22. The predicted octanol–water partition coefficient (Wildman–Crippen LogP) is 14.2. The lowest BCUT2D eigenvalue weighted by Crippen LogP contribution is -2.43. The van der Waals surface area contributed by atoms with Gasteiger partial charge < -0.3 is 4.90 Å². The van der Waals surface area contributed by atoms with E-state index >= 15 is 0 Å². The number of thiophene rings is 1. The largest absolute Gasteiger partial charge is 0.310 e. The number of hydrogen-bond donors (Lipinski definition) is 0. The molecule has 2 heteroatoms. The van der Waals surface area contributed by atoms with E-state index in [1.807, 2.05) is 11.3 Å². The molecule has 2 aliphatic rings. The van der Waals surface area contributed by atoms with E-state index in [1.54, 1.807) is 0 Å². The summed E-state index contributed by atoms with van der Waals surface area (Å²) in [6.45, 7) is 14.5. The first-order chi connectivity index (χ1) is 24.6. The van der Waals surface area contributed by atoms with Crippen molar-refractivity contribution in [2.24, 2.45) is 0 Å². The second-order valence-electron chi connectivity index (χ2n) is 16.2. The quantitative estimate of drug-likeness (QED) is 0.180. The highest BCUT2D eigenvalue weighted by atomic mass is 32.1. The van der Waals surface area contributed by atoms with Gasteiger partial charge in [-0.3, -0.25) is 0 Å². The summed E-state index contributed by atoms with van der Waals surface area (Å²) in [7, 11) is 0. The first-order valence-electron chi connectivity index (χ1n) is 18.2. The third-order valence-corrected chi connectivity index (χ3v) is 13.9. The molecule has 248 valence electrons. The molecule has 0 aliphatic heterocycles. The van der Waals surface area contributed by atoms with E-state index < -0.39 is 0 Å². The van der Waals surface area contributed by atoms with Crippen molar-refractivity contribution in [1.82, 2.24) is 0 Å². The van der Waals surface area contributed by atoms with Crippen molar-refractivity contribution in [3.8, 4) is 22.3 Å². The molecule has 10 rings (SSSR count). The zero-order valence-electron chi connectivity index (χ0n) is 30.1. The second kappa shape index (κ2) is 10.4. The van der Waals surface area contributed by atoms with E-state index in [2.05, 4.69) is 186 Å². The highest BCUT2D eigenvalue weighted by molar-refractivity contribution is 7.25. The van der Waals surface area contributed by atoms with Gasteiger partial charge in [0.2, 0.25) is 0 Å². The molecule has 0 amide bonds. The number of hydrogen-bond acceptors (Lipinski definition) is 2. The van der Waals surface area contributed by atoms with Crippen LogP contribution in [0.3, 0.4) is 0 Å². The van der Waals surface area contributed by atoms with Crippen LogP contribution in [0, 0.1) is 0 Å². The van der Waals surface area contributed by atoms with Gasteiger partial charge in [0.1, 0.15) is 0 Å². The molecule has 7 aromatic carbocycles. The molecule has 1 heterocycles. The summed E-state index contributed by atoms with van der Waals surface area (Å²) >= 11 is 1.89. The number of fused-ring (bicyclic) bond motifs is 11. The summed E-state index contributed by atoms with van der Waals surface area (Å²) in [6, 6.07) is 52.8. The average molecular weight is 676 g/mol. The van der Waals surface area contributed by atoms with Crippen molar-refractivity contribution >= 4 is 59.3 Å². The zero-order chi connectivity index (χ0) is 34.9. The van der Waals surface area contributed by atoms with Crippen molar-refractivity contribution in [2.75, 3.05) is 4.90 Å². The monoisotopic (exact) mass is 675 g/mol. The molecular weight excluding hydrogens is 635 g/mol. The molecule has 0 fully saturated rings. The summed E-state index contributed by atoms with van der Waals surface area (Å²) in [4.78, 5) is 2.55. The number of rotatable bonds is 3. The van der Waals surface area contributed by atoms with Crippen LogP contribution in [0.2, 0.25) is 0 Å². The van der Waals surface area contributed by atoms with Crippen LogP contribution in [0.4, 0.5) is 17.1 Å². The van der Waals surface area contributed by atoms with Gasteiger partial charge in [-0.15, -0.1) is 11.3 Å². The average Bonchev–Trinajstić information content (AvgIpc) is 3.63. The summed E-state index contributed by atoms with van der Waals surface area (Å²) in [5.41, 5.74) is 14.4. The van der Waals surface area contributed by atoms with Crippen LogP contribution in [0.15, 0.2) is 140 Å². The first kappa shape index (κ1) is 30.6. The minimum atomic E-state index is -0.128. The Balaban J connectivity index is 1.28. The number of benzene rings is 7. The third-order valence-electron chi connectivity index (χ3n) is 12.8. The number of anilines is 3. The lowest BCUT2D eigenvalue weighted by Gasteiger charge is -2.48. The summed E-state index contributed by atoms with van der Waals surface area (Å²) in [5.74, 6) is 0. The maximum Gasteiger partial charge on any atom is 0.0543 e. The molecule has 51 heavy (non-hydrogen) atoms. The van der Waals surface area contributed by atoms with Crippen molar-refractivity contribution in [3.05, 3.63) is 162 Å². The van der Waals surface area contributed by atoms with Crippen LogP contribution < -0.4 is 4.90 Å². The predicted molar refractivity (Wildman–Crippen MR) is 221 cm³/mol. The van der Waals surface area contributed by atoms with Crippen LogP contribution in [0.25, 0.3) is 53.2 Å². The van der Waals surface area contributed by atoms with E-state index in [9.17, 15) is 0 Å². The summed E-state index contributed by atoms with van der Waals surface area (Å²) in [6.07, 6.45) is 0. The molecular formula is C49H41NS. The van der Waals surface area contributed by atoms with Crippen LogP contribution >= 0.6 is 11.3 Å². The molecule has 0 saturated carbocycles. The molecule has 1 aromatic heterocycles. The van der Waals surface area contributed by atoms with E-state index in [-0.39, 0.29) is 16.2 Å². The van der Waals surface area contributed by atoms with E-state index in [0.717, 1.165) is 0 Å². The van der Waals surface area contributed by atoms with E-state index in [1.165, 1.54) is 92.5 Å². The van der Waals surface area contributed by atoms with Gasteiger partial charge >= 0.3 is 0 Å². The molecule has 0 radical (unpaired) electrons. The standard InChI is InChI=1S/C49H41NS/c1-47(2)39-20-12-10-19-38(39)46-37-18-8-7-16-34(37)43(29-42(46)47)50(31-24-26-36-35-17-11-14-22-44(35)51-45(36)28-31)30-23-25-33-32-15-9-13-21-40(32)48(3,4)49(5,6)41(33)27-30/h7-29H,1-6H3. The van der Waals surface area contributed by atoms with Gasteiger partial charge in [0, 0.05) is 42.3 Å². The Bertz CT molecular complexity index is 2740. The molecule has 0 unspecified atom stereocenters. The lowest BCUT2D eigenvalue weighted by molar-refractivity contribution is 0.299. The van der Waals surface area contributed by atoms with Gasteiger partial charge in [0.05, 0.1) is 5.69 Å². The highest BCUT2D eigenvalue weighted by Crippen LogP contribution is 2.57. The second-order valence-corrected chi connectivity index (χ2v) is 17.3. The van der Waals surface area contributed by atoms with Crippen molar-refractivity contribution in [2.45, 2.75) is 57.8 Å². The fourth-order valence-corrected chi connectivity index (χ4v) is 10.5. The molecule has 0 N–H and O–H groups in total. The Hall–Kier alpha value is -5.18. The van der Waals surface area contributed by atoms with Gasteiger partial charge in [0.15, 0.2) is 0 Å². The Morgan fingerprint density at radius 2 is 0.980 bits per heavy atom. The maximum atomic E-state index is 2.55. The Kier molecular flexibility index (Phi) is 6.27. The molecule has 2 aliphatic carbocycles.